The maximum Gasteiger partial charge on any atom is 0.243 e. The molecule has 5 nitrogen and oxygen atoms in total. The summed E-state index contributed by atoms with van der Waals surface area (Å²) in [6.07, 6.45) is 0.409. The lowest BCUT2D eigenvalue weighted by Crippen LogP contribution is -2.22. The van der Waals surface area contributed by atoms with Crippen LogP contribution in [0.15, 0.2) is 46.9 Å². The van der Waals surface area contributed by atoms with Gasteiger partial charge in [0.1, 0.15) is 0 Å². The van der Waals surface area contributed by atoms with Gasteiger partial charge in [-0.15, -0.1) is 0 Å². The molecule has 0 aliphatic rings. The van der Waals surface area contributed by atoms with Gasteiger partial charge >= 0.3 is 0 Å². The maximum absolute atomic E-state index is 12.1. The summed E-state index contributed by atoms with van der Waals surface area (Å²) in [7, 11) is 0. The largest absolute Gasteiger partial charge is 0.376 e. The summed E-state index contributed by atoms with van der Waals surface area (Å²) in [4.78, 5) is 23.6. The lowest BCUT2D eigenvalue weighted by atomic mass is 10.1. The van der Waals surface area contributed by atoms with Crippen LogP contribution in [0.1, 0.15) is 18.9 Å². The molecule has 2 aromatic carbocycles. The normalized spacial score (nSPS) is 10.1. The molecule has 0 bridgehead atoms. The average Bonchev–Trinajstić information content (AvgIpc) is 2.56. The summed E-state index contributed by atoms with van der Waals surface area (Å²) in [6.45, 7) is 3.86. The number of amides is 2. The Morgan fingerprint density at radius 2 is 1.79 bits per heavy atom. The van der Waals surface area contributed by atoms with E-state index in [0.29, 0.717) is 17.8 Å². The molecule has 0 heterocycles. The average molecular weight is 390 g/mol. The van der Waals surface area contributed by atoms with Gasteiger partial charge in [0.25, 0.3) is 0 Å². The number of halogens is 1. The Balaban J connectivity index is 1.96. The Kier molecular flexibility index (Phi) is 6.37. The molecule has 0 fully saturated rings. The van der Waals surface area contributed by atoms with Gasteiger partial charge in [0.2, 0.25) is 11.8 Å². The topological polar surface area (TPSA) is 70.2 Å². The van der Waals surface area contributed by atoms with Gasteiger partial charge in [-0.05, 0) is 42.8 Å². The fourth-order valence-electron chi connectivity index (χ4n) is 2.06. The second-order valence-corrected chi connectivity index (χ2v) is 6.26. The van der Waals surface area contributed by atoms with Crippen LogP contribution in [0.4, 0.5) is 17.1 Å². The van der Waals surface area contributed by atoms with Crippen molar-refractivity contribution in [3.05, 3.63) is 52.5 Å². The first-order valence-corrected chi connectivity index (χ1v) is 8.47. The Morgan fingerprint density at radius 1 is 1.00 bits per heavy atom. The maximum atomic E-state index is 12.1. The van der Waals surface area contributed by atoms with Crippen molar-refractivity contribution < 1.29 is 9.59 Å². The molecule has 0 atom stereocenters. The zero-order valence-electron chi connectivity index (χ0n) is 13.7. The lowest BCUT2D eigenvalue weighted by molar-refractivity contribution is -0.116. The van der Waals surface area contributed by atoms with E-state index in [1.54, 1.807) is 13.0 Å². The van der Waals surface area contributed by atoms with E-state index in [9.17, 15) is 9.59 Å². The summed E-state index contributed by atoms with van der Waals surface area (Å²) in [5, 5.41) is 8.71. The van der Waals surface area contributed by atoms with Crippen LogP contribution in [0.3, 0.4) is 0 Å². The molecular formula is C18H20BrN3O2. The number of benzene rings is 2. The predicted molar refractivity (Wildman–Crippen MR) is 101 cm³/mol. The van der Waals surface area contributed by atoms with E-state index in [-0.39, 0.29) is 18.4 Å². The number of nitrogens with one attached hydrogen (secondary N) is 3. The molecule has 0 saturated carbocycles. The SMILES string of the molecule is CCC(=O)Nc1cc(NC(=O)CNc2cccc(Br)c2)ccc1C. The molecule has 2 aromatic rings. The third-order valence-electron chi connectivity index (χ3n) is 3.39. The fourth-order valence-corrected chi connectivity index (χ4v) is 2.46. The van der Waals surface area contributed by atoms with Crippen molar-refractivity contribution in [1.82, 2.24) is 0 Å². The van der Waals surface area contributed by atoms with Gasteiger partial charge in [-0.2, -0.15) is 0 Å². The van der Waals surface area contributed by atoms with Gasteiger partial charge in [0.05, 0.1) is 6.54 Å². The van der Waals surface area contributed by atoms with Crippen molar-refractivity contribution in [2.24, 2.45) is 0 Å². The van der Waals surface area contributed by atoms with Gasteiger partial charge in [-0.1, -0.05) is 35.0 Å². The van der Waals surface area contributed by atoms with E-state index >= 15 is 0 Å². The Bertz CT molecular complexity index is 747. The first kappa shape index (κ1) is 18.0. The quantitative estimate of drug-likeness (QED) is 0.694. The highest BCUT2D eigenvalue weighted by molar-refractivity contribution is 9.10. The summed E-state index contributed by atoms with van der Waals surface area (Å²) in [5.41, 5.74) is 3.16. The van der Waals surface area contributed by atoms with Crippen molar-refractivity contribution in [3.63, 3.8) is 0 Å². The molecule has 0 aromatic heterocycles. The summed E-state index contributed by atoms with van der Waals surface area (Å²) in [5.74, 6) is -0.218. The molecule has 0 aliphatic heterocycles. The zero-order chi connectivity index (χ0) is 17.5. The van der Waals surface area contributed by atoms with Crippen LogP contribution in [-0.4, -0.2) is 18.4 Å². The number of carbonyl (C=O) groups excluding carboxylic acids is 2. The molecule has 0 radical (unpaired) electrons. The number of anilines is 3. The number of hydrogen-bond donors (Lipinski definition) is 3. The third kappa shape index (κ3) is 5.38. The molecule has 24 heavy (non-hydrogen) atoms. The summed E-state index contributed by atoms with van der Waals surface area (Å²) >= 11 is 3.39. The van der Waals surface area contributed by atoms with Crippen LogP contribution >= 0.6 is 15.9 Å². The van der Waals surface area contributed by atoms with Crippen molar-refractivity contribution >= 4 is 44.8 Å². The van der Waals surface area contributed by atoms with Gasteiger partial charge in [-0.25, -0.2) is 0 Å². The minimum Gasteiger partial charge on any atom is -0.376 e. The van der Waals surface area contributed by atoms with E-state index in [1.807, 2.05) is 43.3 Å². The van der Waals surface area contributed by atoms with Crippen LogP contribution in [0, 0.1) is 6.92 Å². The molecule has 0 saturated heterocycles. The van der Waals surface area contributed by atoms with E-state index in [4.69, 9.17) is 0 Å². The van der Waals surface area contributed by atoms with Crippen LogP contribution in [0.25, 0.3) is 0 Å². The number of carbonyl (C=O) groups is 2. The van der Waals surface area contributed by atoms with Gasteiger partial charge in [0, 0.05) is 28.0 Å². The smallest absolute Gasteiger partial charge is 0.243 e. The minimum absolute atomic E-state index is 0.0575. The van der Waals surface area contributed by atoms with Gasteiger partial charge in [-0.3, -0.25) is 9.59 Å². The Hall–Kier alpha value is -2.34. The van der Waals surface area contributed by atoms with Crippen molar-refractivity contribution in [2.75, 3.05) is 22.5 Å². The highest BCUT2D eigenvalue weighted by atomic mass is 79.9. The molecule has 2 rings (SSSR count). The minimum atomic E-state index is -0.161. The lowest BCUT2D eigenvalue weighted by Gasteiger charge is -2.12. The molecule has 6 heteroatoms. The highest BCUT2D eigenvalue weighted by Crippen LogP contribution is 2.20. The fraction of sp³-hybridized carbons (Fsp3) is 0.222. The first-order chi connectivity index (χ1) is 11.5. The second-order valence-electron chi connectivity index (χ2n) is 5.34. The van der Waals surface area contributed by atoms with Crippen molar-refractivity contribution in [2.45, 2.75) is 20.3 Å². The summed E-state index contributed by atoms with van der Waals surface area (Å²) in [6, 6.07) is 13.0. The van der Waals surface area contributed by atoms with E-state index in [1.165, 1.54) is 0 Å². The Morgan fingerprint density at radius 3 is 2.50 bits per heavy atom. The van der Waals surface area contributed by atoms with Crippen molar-refractivity contribution in [1.29, 1.82) is 0 Å². The van der Waals surface area contributed by atoms with E-state index in [0.717, 1.165) is 15.7 Å². The van der Waals surface area contributed by atoms with Crippen LogP contribution in [0.2, 0.25) is 0 Å². The predicted octanol–water partition coefficient (Wildman–Crippen LogP) is 4.16. The van der Waals surface area contributed by atoms with E-state index < -0.39 is 0 Å². The van der Waals surface area contributed by atoms with Crippen LogP contribution in [-0.2, 0) is 9.59 Å². The number of hydrogen-bond acceptors (Lipinski definition) is 3. The molecule has 0 spiro atoms. The monoisotopic (exact) mass is 389 g/mol. The third-order valence-corrected chi connectivity index (χ3v) is 3.89. The van der Waals surface area contributed by atoms with Gasteiger partial charge < -0.3 is 16.0 Å². The zero-order valence-corrected chi connectivity index (χ0v) is 15.2. The van der Waals surface area contributed by atoms with Gasteiger partial charge in [0.15, 0.2) is 0 Å². The molecule has 2 amide bonds. The summed E-state index contributed by atoms with van der Waals surface area (Å²) < 4.78 is 0.947. The standard InChI is InChI=1S/C18H20BrN3O2/c1-3-17(23)22-16-10-15(8-7-12(16)2)21-18(24)11-20-14-6-4-5-13(19)9-14/h4-10,20H,3,11H2,1-2H3,(H,21,24)(H,22,23). The molecular weight excluding hydrogens is 370 g/mol. The second kappa shape index (κ2) is 8.49. The Labute approximate surface area is 150 Å². The van der Waals surface area contributed by atoms with E-state index in [2.05, 4.69) is 31.9 Å². The van der Waals surface area contributed by atoms with Crippen LogP contribution < -0.4 is 16.0 Å². The molecule has 0 unspecified atom stereocenters. The number of rotatable bonds is 6. The first-order valence-electron chi connectivity index (χ1n) is 7.67. The highest BCUT2D eigenvalue weighted by Gasteiger charge is 2.07. The number of aryl methyl sites for hydroxylation is 1. The molecule has 0 aliphatic carbocycles. The van der Waals surface area contributed by atoms with Crippen LogP contribution in [0.5, 0.6) is 0 Å². The molecule has 3 N–H and O–H groups in total. The molecule has 126 valence electrons. The van der Waals surface area contributed by atoms with Crippen molar-refractivity contribution in [3.8, 4) is 0 Å².